The molecule has 2 heterocycles. The van der Waals surface area contributed by atoms with Crippen molar-refractivity contribution in [2.45, 2.75) is 25.0 Å². The van der Waals surface area contributed by atoms with Gasteiger partial charge in [0.25, 0.3) is 5.91 Å². The number of ether oxygens (including phenoxy) is 1. The molecule has 0 aromatic carbocycles. The van der Waals surface area contributed by atoms with Crippen molar-refractivity contribution in [1.82, 2.24) is 4.90 Å². The van der Waals surface area contributed by atoms with Crippen molar-refractivity contribution >= 4 is 11.9 Å². The molecule has 2 aliphatic rings. The highest BCUT2D eigenvalue weighted by Gasteiger charge is 2.53. The molecule has 5 heteroatoms. The molecule has 0 bridgehead atoms. The molecule has 1 amide bonds. The summed E-state index contributed by atoms with van der Waals surface area (Å²) in [5.41, 5.74) is 0. The Morgan fingerprint density at radius 1 is 1.64 bits per heavy atom. The number of carbonyl (C=O) groups excluding carboxylic acids is 2. The van der Waals surface area contributed by atoms with Gasteiger partial charge in [0.05, 0.1) is 7.11 Å². The van der Waals surface area contributed by atoms with Crippen molar-refractivity contribution < 1.29 is 19.4 Å². The quantitative estimate of drug-likeness (QED) is 0.558. The van der Waals surface area contributed by atoms with Crippen molar-refractivity contribution in [1.29, 1.82) is 0 Å². The van der Waals surface area contributed by atoms with Crippen LogP contribution in [0.3, 0.4) is 0 Å². The van der Waals surface area contributed by atoms with Gasteiger partial charge in [0.15, 0.2) is 0 Å². The zero-order valence-corrected chi connectivity index (χ0v) is 7.97. The number of rotatable bonds is 1. The van der Waals surface area contributed by atoms with Gasteiger partial charge in [-0.2, -0.15) is 0 Å². The number of amides is 1. The molecule has 78 valence electrons. The third kappa shape index (κ3) is 1.12. The summed E-state index contributed by atoms with van der Waals surface area (Å²) < 4.78 is 4.58. The van der Waals surface area contributed by atoms with Gasteiger partial charge in [-0.3, -0.25) is 9.59 Å². The van der Waals surface area contributed by atoms with Crippen LogP contribution in [0.15, 0.2) is 0 Å². The minimum atomic E-state index is -1.20. The van der Waals surface area contributed by atoms with E-state index >= 15 is 0 Å². The molecule has 0 saturated carbocycles. The molecule has 3 atom stereocenters. The highest BCUT2D eigenvalue weighted by Crippen LogP contribution is 2.34. The lowest BCUT2D eigenvalue weighted by Gasteiger charge is -2.17. The Labute approximate surface area is 81.6 Å². The summed E-state index contributed by atoms with van der Waals surface area (Å²) in [4.78, 5) is 24.4. The maximum Gasteiger partial charge on any atom is 0.313 e. The number of methoxy groups -OCH3 is 1. The average Bonchev–Trinajstić information content (AvgIpc) is 2.72. The zero-order valence-electron chi connectivity index (χ0n) is 7.97. The van der Waals surface area contributed by atoms with Crippen LogP contribution in [0.4, 0.5) is 0 Å². The molecule has 14 heavy (non-hydrogen) atoms. The number of hydrogen-bond acceptors (Lipinski definition) is 4. The second-order valence-corrected chi connectivity index (χ2v) is 3.73. The van der Waals surface area contributed by atoms with Gasteiger partial charge in [-0.05, 0) is 12.8 Å². The summed E-state index contributed by atoms with van der Waals surface area (Å²) in [5, 5.41) is 9.57. The summed E-state index contributed by atoms with van der Waals surface area (Å²) >= 11 is 0. The van der Waals surface area contributed by atoms with Gasteiger partial charge in [-0.15, -0.1) is 0 Å². The zero-order chi connectivity index (χ0) is 10.3. The lowest BCUT2D eigenvalue weighted by Crippen LogP contribution is -2.33. The van der Waals surface area contributed by atoms with Crippen LogP contribution in [0.2, 0.25) is 0 Å². The molecule has 0 radical (unpaired) electrons. The molecule has 0 unspecified atom stereocenters. The standard InChI is InChI=1S/C9H13NO4/c1-14-9(13)6-5-3-2-4-10(5)8(12)7(6)11/h5-7,11H,2-4H2,1H3/t5-,6-,7-/m1/s1. The van der Waals surface area contributed by atoms with Crippen molar-refractivity contribution in [2.75, 3.05) is 13.7 Å². The number of aliphatic hydroxyl groups is 1. The topological polar surface area (TPSA) is 66.8 Å². The van der Waals surface area contributed by atoms with E-state index in [0.717, 1.165) is 12.8 Å². The summed E-state index contributed by atoms with van der Waals surface area (Å²) in [6, 6.07) is -0.148. The Morgan fingerprint density at radius 3 is 3.00 bits per heavy atom. The Bertz CT molecular complexity index is 278. The van der Waals surface area contributed by atoms with Crippen LogP contribution < -0.4 is 0 Å². The first-order valence-electron chi connectivity index (χ1n) is 4.73. The van der Waals surface area contributed by atoms with Crippen LogP contribution >= 0.6 is 0 Å². The summed E-state index contributed by atoms with van der Waals surface area (Å²) in [6.07, 6.45) is 0.479. The van der Waals surface area contributed by atoms with Gasteiger partial charge < -0.3 is 14.7 Å². The first-order chi connectivity index (χ1) is 6.66. The second-order valence-electron chi connectivity index (χ2n) is 3.73. The summed E-state index contributed by atoms with van der Waals surface area (Å²) in [5.74, 6) is -1.50. The highest BCUT2D eigenvalue weighted by atomic mass is 16.5. The van der Waals surface area contributed by atoms with Crippen LogP contribution in [0, 0.1) is 5.92 Å². The van der Waals surface area contributed by atoms with Crippen LogP contribution in [0.1, 0.15) is 12.8 Å². The lowest BCUT2D eigenvalue weighted by molar-refractivity contribution is -0.150. The van der Waals surface area contributed by atoms with E-state index in [0.29, 0.717) is 6.54 Å². The number of hydrogen-bond donors (Lipinski definition) is 1. The number of esters is 1. The van der Waals surface area contributed by atoms with Crippen molar-refractivity contribution in [3.8, 4) is 0 Å². The average molecular weight is 199 g/mol. The van der Waals surface area contributed by atoms with E-state index in [9.17, 15) is 14.7 Å². The molecule has 0 aliphatic carbocycles. The van der Waals surface area contributed by atoms with Crippen molar-refractivity contribution in [3.05, 3.63) is 0 Å². The monoisotopic (exact) mass is 199 g/mol. The Morgan fingerprint density at radius 2 is 2.36 bits per heavy atom. The van der Waals surface area contributed by atoms with E-state index in [2.05, 4.69) is 4.74 Å². The maximum absolute atomic E-state index is 11.5. The molecule has 2 saturated heterocycles. The fourth-order valence-corrected chi connectivity index (χ4v) is 2.40. The summed E-state index contributed by atoms with van der Waals surface area (Å²) in [6.45, 7) is 0.647. The van der Waals surface area contributed by atoms with Crippen LogP contribution in [-0.4, -0.2) is 47.7 Å². The molecule has 2 rings (SSSR count). The Balaban J connectivity index is 2.24. The van der Waals surface area contributed by atoms with Crippen LogP contribution in [0.5, 0.6) is 0 Å². The van der Waals surface area contributed by atoms with E-state index in [1.165, 1.54) is 7.11 Å². The second kappa shape index (κ2) is 3.24. The van der Waals surface area contributed by atoms with Crippen LogP contribution in [-0.2, 0) is 14.3 Å². The van der Waals surface area contributed by atoms with E-state index in [1.54, 1.807) is 4.90 Å². The first kappa shape index (κ1) is 9.45. The van der Waals surface area contributed by atoms with Crippen LogP contribution in [0.25, 0.3) is 0 Å². The molecular formula is C9H13NO4. The normalized spacial score (nSPS) is 36.0. The number of aliphatic hydroxyl groups excluding tert-OH is 1. The summed E-state index contributed by atoms with van der Waals surface area (Å²) in [7, 11) is 1.27. The van der Waals surface area contributed by atoms with Gasteiger partial charge in [0, 0.05) is 12.6 Å². The van der Waals surface area contributed by atoms with E-state index < -0.39 is 18.0 Å². The first-order valence-corrected chi connectivity index (χ1v) is 4.73. The van der Waals surface area contributed by atoms with Crippen molar-refractivity contribution in [2.24, 2.45) is 5.92 Å². The molecular weight excluding hydrogens is 186 g/mol. The predicted molar refractivity (Wildman–Crippen MR) is 46.2 cm³/mol. The van der Waals surface area contributed by atoms with Gasteiger partial charge in [-0.1, -0.05) is 0 Å². The van der Waals surface area contributed by atoms with Gasteiger partial charge >= 0.3 is 5.97 Å². The lowest BCUT2D eigenvalue weighted by atomic mass is 9.96. The Kier molecular flexibility index (Phi) is 2.19. The van der Waals surface area contributed by atoms with E-state index in [1.807, 2.05) is 0 Å². The molecule has 0 aromatic heterocycles. The maximum atomic E-state index is 11.5. The minimum Gasteiger partial charge on any atom is -0.469 e. The molecule has 2 fully saturated rings. The third-order valence-corrected chi connectivity index (χ3v) is 3.06. The molecule has 0 aromatic rings. The smallest absolute Gasteiger partial charge is 0.313 e. The molecule has 2 aliphatic heterocycles. The number of carbonyl (C=O) groups is 2. The van der Waals surface area contributed by atoms with Gasteiger partial charge in [-0.25, -0.2) is 0 Å². The number of fused-ring (bicyclic) bond motifs is 1. The number of nitrogens with zero attached hydrogens (tertiary/aromatic N) is 1. The molecule has 5 nitrogen and oxygen atoms in total. The SMILES string of the molecule is COC(=O)[C@@H]1[C@H]2CCCN2C(=O)[C@@H]1O. The third-order valence-electron chi connectivity index (χ3n) is 3.06. The minimum absolute atomic E-state index is 0.148. The van der Waals surface area contributed by atoms with E-state index in [4.69, 9.17) is 0 Å². The Hall–Kier alpha value is -1.10. The van der Waals surface area contributed by atoms with Gasteiger partial charge in [0.2, 0.25) is 0 Å². The highest BCUT2D eigenvalue weighted by molar-refractivity contribution is 5.91. The predicted octanol–water partition coefficient (Wildman–Crippen LogP) is -0.859. The largest absolute Gasteiger partial charge is 0.469 e. The van der Waals surface area contributed by atoms with Crippen molar-refractivity contribution in [3.63, 3.8) is 0 Å². The molecule has 0 spiro atoms. The van der Waals surface area contributed by atoms with E-state index in [-0.39, 0.29) is 11.9 Å². The fraction of sp³-hybridized carbons (Fsp3) is 0.778. The van der Waals surface area contributed by atoms with Gasteiger partial charge in [0.1, 0.15) is 12.0 Å². The fourth-order valence-electron chi connectivity index (χ4n) is 2.40. The molecule has 1 N–H and O–H groups in total.